The number of H-pyrrole nitrogens is 1. The second kappa shape index (κ2) is 7.23. The molecule has 22 heavy (non-hydrogen) atoms. The summed E-state index contributed by atoms with van der Waals surface area (Å²) in [6.07, 6.45) is 3.64. The first kappa shape index (κ1) is 15.5. The highest BCUT2D eigenvalue weighted by molar-refractivity contribution is 6.09. The van der Waals surface area contributed by atoms with E-state index < -0.39 is 0 Å². The summed E-state index contributed by atoms with van der Waals surface area (Å²) in [6, 6.07) is 10.4. The zero-order valence-corrected chi connectivity index (χ0v) is 12.4. The fourth-order valence-corrected chi connectivity index (χ4v) is 2.17. The predicted octanol–water partition coefficient (Wildman–Crippen LogP) is 2.62. The summed E-state index contributed by atoms with van der Waals surface area (Å²) in [5, 5.41) is 8.62. The number of carbonyl (C=O) groups is 2. The van der Waals surface area contributed by atoms with Gasteiger partial charge in [-0.1, -0.05) is 12.1 Å². The number of carbonyl (C=O) groups excluding carboxylic acids is 2. The molecular weight excluding hydrogens is 278 g/mol. The molecule has 0 aliphatic rings. The summed E-state index contributed by atoms with van der Waals surface area (Å²) in [6.45, 7) is 2.83. The van der Waals surface area contributed by atoms with Crippen molar-refractivity contribution in [2.24, 2.45) is 0 Å². The molecule has 2 aromatic rings. The number of aromatic amines is 1. The van der Waals surface area contributed by atoms with Crippen LogP contribution in [0, 0.1) is 11.3 Å². The Balaban J connectivity index is 2.13. The SMILES string of the molecule is CCN(CCC#N)C(=O)c1ccc(C(=O)c2cc[nH]c2)cc1. The molecule has 0 bridgehead atoms. The molecule has 0 atom stereocenters. The lowest BCUT2D eigenvalue weighted by molar-refractivity contribution is 0.0767. The Bertz CT molecular complexity index is 682. The van der Waals surface area contributed by atoms with Gasteiger partial charge in [-0.15, -0.1) is 0 Å². The van der Waals surface area contributed by atoms with E-state index in [0.29, 0.717) is 36.2 Å². The highest BCUT2D eigenvalue weighted by Gasteiger charge is 2.15. The normalized spacial score (nSPS) is 10.0. The largest absolute Gasteiger partial charge is 0.367 e. The van der Waals surface area contributed by atoms with Gasteiger partial charge in [-0.25, -0.2) is 0 Å². The van der Waals surface area contributed by atoms with E-state index in [1.54, 1.807) is 47.6 Å². The maximum Gasteiger partial charge on any atom is 0.253 e. The number of benzene rings is 1. The number of nitrogens with one attached hydrogen (secondary N) is 1. The summed E-state index contributed by atoms with van der Waals surface area (Å²) in [5.74, 6) is -0.213. The Morgan fingerprint density at radius 2 is 1.82 bits per heavy atom. The van der Waals surface area contributed by atoms with Crippen molar-refractivity contribution in [2.45, 2.75) is 13.3 Å². The van der Waals surface area contributed by atoms with Gasteiger partial charge in [0.15, 0.2) is 5.78 Å². The number of ketones is 1. The van der Waals surface area contributed by atoms with Gasteiger partial charge in [0.25, 0.3) is 5.91 Å². The Morgan fingerprint density at radius 1 is 1.14 bits per heavy atom. The van der Waals surface area contributed by atoms with Gasteiger partial charge in [-0.2, -0.15) is 5.26 Å². The fourth-order valence-electron chi connectivity index (χ4n) is 2.17. The van der Waals surface area contributed by atoms with Crippen LogP contribution in [0.15, 0.2) is 42.7 Å². The van der Waals surface area contributed by atoms with E-state index in [0.717, 1.165) is 0 Å². The number of hydrogen-bond donors (Lipinski definition) is 1. The van der Waals surface area contributed by atoms with Crippen molar-refractivity contribution in [3.63, 3.8) is 0 Å². The Kier molecular flexibility index (Phi) is 5.10. The van der Waals surface area contributed by atoms with E-state index in [9.17, 15) is 9.59 Å². The van der Waals surface area contributed by atoms with Crippen molar-refractivity contribution in [3.05, 3.63) is 59.4 Å². The minimum atomic E-state index is -0.126. The Hall–Kier alpha value is -2.87. The van der Waals surface area contributed by atoms with Crippen LogP contribution >= 0.6 is 0 Å². The topological polar surface area (TPSA) is 77.0 Å². The third-order valence-corrected chi connectivity index (χ3v) is 3.42. The molecule has 0 aliphatic heterocycles. The van der Waals surface area contributed by atoms with Gasteiger partial charge in [-0.05, 0) is 25.1 Å². The summed E-state index contributed by atoms with van der Waals surface area (Å²) in [4.78, 5) is 28.9. The van der Waals surface area contributed by atoms with Gasteiger partial charge < -0.3 is 9.88 Å². The average molecular weight is 295 g/mol. The smallest absolute Gasteiger partial charge is 0.253 e. The van der Waals surface area contributed by atoms with E-state index in [2.05, 4.69) is 4.98 Å². The zero-order chi connectivity index (χ0) is 15.9. The van der Waals surface area contributed by atoms with Crippen LogP contribution in [0.4, 0.5) is 0 Å². The molecule has 5 nitrogen and oxygen atoms in total. The Labute approximate surface area is 129 Å². The van der Waals surface area contributed by atoms with Crippen LogP contribution in [0.25, 0.3) is 0 Å². The fraction of sp³-hybridized carbons (Fsp3) is 0.235. The lowest BCUT2D eigenvalue weighted by Gasteiger charge is -2.19. The maximum atomic E-state index is 12.3. The number of hydrogen-bond acceptors (Lipinski definition) is 3. The molecule has 0 unspecified atom stereocenters. The van der Waals surface area contributed by atoms with E-state index >= 15 is 0 Å². The van der Waals surface area contributed by atoms with Gasteiger partial charge in [0.05, 0.1) is 12.5 Å². The molecule has 1 aromatic heterocycles. The van der Waals surface area contributed by atoms with Crippen LogP contribution in [0.2, 0.25) is 0 Å². The van der Waals surface area contributed by atoms with Gasteiger partial charge >= 0.3 is 0 Å². The molecule has 0 saturated carbocycles. The van der Waals surface area contributed by atoms with Gasteiger partial charge in [0.1, 0.15) is 0 Å². The van der Waals surface area contributed by atoms with E-state index in [4.69, 9.17) is 5.26 Å². The van der Waals surface area contributed by atoms with Crippen LogP contribution in [0.3, 0.4) is 0 Å². The van der Waals surface area contributed by atoms with Gasteiger partial charge in [0, 0.05) is 42.2 Å². The van der Waals surface area contributed by atoms with Crippen molar-refractivity contribution >= 4 is 11.7 Å². The standard InChI is InChI=1S/C17H17N3O2/c1-2-20(11-3-9-18)17(22)14-6-4-13(5-7-14)16(21)15-8-10-19-12-15/h4-8,10,12,19H,2-3,11H2,1H3. The van der Waals surface area contributed by atoms with E-state index in [-0.39, 0.29) is 11.7 Å². The summed E-state index contributed by atoms with van der Waals surface area (Å²) in [5.41, 5.74) is 1.64. The highest BCUT2D eigenvalue weighted by Crippen LogP contribution is 2.12. The minimum absolute atomic E-state index is 0.0860. The predicted molar refractivity (Wildman–Crippen MR) is 82.5 cm³/mol. The molecule has 5 heteroatoms. The molecule has 0 saturated heterocycles. The van der Waals surface area contributed by atoms with Crippen molar-refractivity contribution in [3.8, 4) is 6.07 Å². The van der Waals surface area contributed by atoms with E-state index in [1.165, 1.54) is 0 Å². The number of nitrogens with zero attached hydrogens (tertiary/aromatic N) is 2. The molecular formula is C17H17N3O2. The molecule has 112 valence electrons. The summed E-state index contributed by atoms with van der Waals surface area (Å²) >= 11 is 0. The van der Waals surface area contributed by atoms with E-state index in [1.807, 2.05) is 13.0 Å². The van der Waals surface area contributed by atoms with Crippen LogP contribution in [0.5, 0.6) is 0 Å². The number of rotatable bonds is 6. The van der Waals surface area contributed by atoms with Crippen molar-refractivity contribution < 1.29 is 9.59 Å². The van der Waals surface area contributed by atoms with Crippen LogP contribution in [-0.4, -0.2) is 34.7 Å². The average Bonchev–Trinajstić information content (AvgIpc) is 3.09. The summed E-state index contributed by atoms with van der Waals surface area (Å²) < 4.78 is 0. The lowest BCUT2D eigenvalue weighted by Crippen LogP contribution is -2.31. The first-order chi connectivity index (χ1) is 10.7. The van der Waals surface area contributed by atoms with Crippen LogP contribution in [-0.2, 0) is 0 Å². The zero-order valence-electron chi connectivity index (χ0n) is 12.4. The molecule has 1 amide bonds. The number of amides is 1. The second-order valence-electron chi connectivity index (χ2n) is 4.80. The molecule has 1 heterocycles. The number of aromatic nitrogens is 1. The quantitative estimate of drug-likeness (QED) is 0.832. The van der Waals surface area contributed by atoms with Crippen LogP contribution in [0.1, 0.15) is 39.6 Å². The minimum Gasteiger partial charge on any atom is -0.367 e. The second-order valence-corrected chi connectivity index (χ2v) is 4.80. The van der Waals surface area contributed by atoms with Gasteiger partial charge in [-0.3, -0.25) is 9.59 Å². The molecule has 0 fully saturated rings. The number of nitriles is 1. The molecule has 1 aromatic carbocycles. The van der Waals surface area contributed by atoms with Crippen molar-refractivity contribution in [1.82, 2.24) is 9.88 Å². The van der Waals surface area contributed by atoms with Gasteiger partial charge in [0.2, 0.25) is 0 Å². The highest BCUT2D eigenvalue weighted by atomic mass is 16.2. The molecule has 0 radical (unpaired) electrons. The van der Waals surface area contributed by atoms with Crippen LogP contribution < -0.4 is 0 Å². The molecule has 0 aliphatic carbocycles. The third-order valence-electron chi connectivity index (χ3n) is 3.42. The first-order valence-corrected chi connectivity index (χ1v) is 7.11. The lowest BCUT2D eigenvalue weighted by atomic mass is 10.0. The van der Waals surface area contributed by atoms with Crippen molar-refractivity contribution in [2.75, 3.05) is 13.1 Å². The first-order valence-electron chi connectivity index (χ1n) is 7.11. The third kappa shape index (κ3) is 3.41. The molecule has 2 rings (SSSR count). The molecule has 0 spiro atoms. The van der Waals surface area contributed by atoms with Crippen molar-refractivity contribution in [1.29, 1.82) is 5.26 Å². The monoisotopic (exact) mass is 295 g/mol. The summed E-state index contributed by atoms with van der Waals surface area (Å²) in [7, 11) is 0. The molecule has 1 N–H and O–H groups in total. The Morgan fingerprint density at radius 3 is 2.36 bits per heavy atom. The maximum absolute atomic E-state index is 12.3.